The number of thioether (sulfide) groups is 1. The third-order valence-corrected chi connectivity index (χ3v) is 3.33. The summed E-state index contributed by atoms with van der Waals surface area (Å²) in [4.78, 5) is 0. The summed E-state index contributed by atoms with van der Waals surface area (Å²) >= 11 is 7.60. The molecular formula is C12H17ClFNS. The first kappa shape index (κ1) is 13.8. The predicted molar refractivity (Wildman–Crippen MR) is 70.7 cm³/mol. The Balaban J connectivity index is 2.52. The lowest BCUT2D eigenvalue weighted by atomic mass is 10.2. The van der Waals surface area contributed by atoms with Crippen LogP contribution in [-0.4, -0.2) is 18.1 Å². The third kappa shape index (κ3) is 4.73. The lowest BCUT2D eigenvalue weighted by Crippen LogP contribution is -2.30. The SMILES string of the molecule is CCC(CSC)NCc1cc(F)cc(Cl)c1. The number of nitrogens with one attached hydrogen (secondary N) is 1. The highest BCUT2D eigenvalue weighted by Gasteiger charge is 2.05. The van der Waals surface area contributed by atoms with Gasteiger partial charge >= 0.3 is 0 Å². The van der Waals surface area contributed by atoms with Gasteiger partial charge in [0, 0.05) is 23.4 Å². The lowest BCUT2D eigenvalue weighted by molar-refractivity contribution is 0.539. The van der Waals surface area contributed by atoms with E-state index in [9.17, 15) is 4.39 Å². The summed E-state index contributed by atoms with van der Waals surface area (Å²) in [7, 11) is 0. The van der Waals surface area contributed by atoms with Crippen LogP contribution in [0.3, 0.4) is 0 Å². The van der Waals surface area contributed by atoms with Gasteiger partial charge in [-0.05, 0) is 36.4 Å². The zero-order valence-corrected chi connectivity index (χ0v) is 11.2. The van der Waals surface area contributed by atoms with E-state index in [0.29, 0.717) is 17.6 Å². The van der Waals surface area contributed by atoms with E-state index in [2.05, 4.69) is 18.5 Å². The van der Waals surface area contributed by atoms with Gasteiger partial charge in [-0.15, -0.1) is 0 Å². The van der Waals surface area contributed by atoms with Crippen molar-refractivity contribution in [1.29, 1.82) is 0 Å². The fourth-order valence-corrected chi connectivity index (χ4v) is 2.50. The molecule has 1 aromatic rings. The molecule has 1 rings (SSSR count). The van der Waals surface area contributed by atoms with E-state index in [1.807, 2.05) is 11.8 Å². The van der Waals surface area contributed by atoms with Crippen LogP contribution in [0.4, 0.5) is 4.39 Å². The fraction of sp³-hybridized carbons (Fsp3) is 0.500. The van der Waals surface area contributed by atoms with Gasteiger partial charge in [0.1, 0.15) is 5.82 Å². The molecule has 0 aliphatic carbocycles. The molecule has 0 aliphatic heterocycles. The van der Waals surface area contributed by atoms with E-state index in [-0.39, 0.29) is 5.82 Å². The molecule has 0 bridgehead atoms. The first-order chi connectivity index (χ1) is 7.65. The van der Waals surface area contributed by atoms with Gasteiger partial charge < -0.3 is 5.32 Å². The number of rotatable bonds is 6. The van der Waals surface area contributed by atoms with Crippen molar-refractivity contribution in [2.24, 2.45) is 0 Å². The minimum atomic E-state index is -0.276. The van der Waals surface area contributed by atoms with E-state index < -0.39 is 0 Å². The van der Waals surface area contributed by atoms with Crippen LogP contribution < -0.4 is 5.32 Å². The minimum absolute atomic E-state index is 0.276. The van der Waals surface area contributed by atoms with Crippen LogP contribution in [0.1, 0.15) is 18.9 Å². The number of hydrogen-bond acceptors (Lipinski definition) is 2. The molecular weight excluding hydrogens is 245 g/mol. The fourth-order valence-electron chi connectivity index (χ4n) is 1.50. The Bertz CT molecular complexity index is 313. The van der Waals surface area contributed by atoms with Crippen molar-refractivity contribution in [2.75, 3.05) is 12.0 Å². The third-order valence-electron chi connectivity index (χ3n) is 2.38. The van der Waals surface area contributed by atoms with E-state index >= 15 is 0 Å². The Hall–Kier alpha value is -0.250. The summed E-state index contributed by atoms with van der Waals surface area (Å²) in [5.41, 5.74) is 0.893. The summed E-state index contributed by atoms with van der Waals surface area (Å²) < 4.78 is 13.1. The summed E-state index contributed by atoms with van der Waals surface area (Å²) in [5, 5.41) is 3.85. The first-order valence-electron chi connectivity index (χ1n) is 5.33. The molecule has 1 nitrogen and oxygen atoms in total. The van der Waals surface area contributed by atoms with Gasteiger partial charge in [0.05, 0.1) is 0 Å². The second-order valence-electron chi connectivity index (χ2n) is 3.72. The Kier molecular flexibility index (Phi) is 6.17. The van der Waals surface area contributed by atoms with Crippen molar-refractivity contribution < 1.29 is 4.39 Å². The van der Waals surface area contributed by atoms with Crippen LogP contribution >= 0.6 is 23.4 Å². The molecule has 0 fully saturated rings. The minimum Gasteiger partial charge on any atom is -0.309 e. The Morgan fingerprint density at radius 1 is 1.44 bits per heavy atom. The number of hydrogen-bond donors (Lipinski definition) is 1. The van der Waals surface area contributed by atoms with Crippen molar-refractivity contribution in [1.82, 2.24) is 5.32 Å². The van der Waals surface area contributed by atoms with Crippen LogP contribution in [0.5, 0.6) is 0 Å². The summed E-state index contributed by atoms with van der Waals surface area (Å²) in [6.07, 6.45) is 3.16. The molecule has 90 valence electrons. The molecule has 1 aromatic carbocycles. The van der Waals surface area contributed by atoms with Crippen LogP contribution in [0.2, 0.25) is 5.02 Å². The summed E-state index contributed by atoms with van der Waals surface area (Å²) in [6, 6.07) is 5.11. The largest absolute Gasteiger partial charge is 0.309 e. The Morgan fingerprint density at radius 2 is 2.19 bits per heavy atom. The Morgan fingerprint density at radius 3 is 2.75 bits per heavy atom. The summed E-state index contributed by atoms with van der Waals surface area (Å²) in [5.74, 6) is 0.793. The van der Waals surface area contributed by atoms with Gasteiger partial charge in [-0.1, -0.05) is 18.5 Å². The van der Waals surface area contributed by atoms with Gasteiger partial charge in [0.2, 0.25) is 0 Å². The molecule has 1 unspecified atom stereocenters. The van der Waals surface area contributed by atoms with Gasteiger partial charge in [-0.25, -0.2) is 4.39 Å². The molecule has 0 aromatic heterocycles. The number of benzene rings is 1. The standard InChI is InChI=1S/C12H17ClFNS/c1-3-12(8-16-2)15-7-9-4-10(13)6-11(14)5-9/h4-6,12,15H,3,7-8H2,1-2H3. The lowest BCUT2D eigenvalue weighted by Gasteiger charge is -2.15. The molecule has 0 heterocycles. The summed E-state index contributed by atoms with van der Waals surface area (Å²) in [6.45, 7) is 2.81. The molecule has 0 saturated carbocycles. The zero-order valence-electron chi connectivity index (χ0n) is 9.59. The van der Waals surface area contributed by atoms with Crippen LogP contribution in [-0.2, 0) is 6.54 Å². The van der Waals surface area contributed by atoms with Gasteiger partial charge in [0.15, 0.2) is 0 Å². The monoisotopic (exact) mass is 261 g/mol. The maximum absolute atomic E-state index is 13.1. The second-order valence-corrected chi connectivity index (χ2v) is 5.07. The zero-order chi connectivity index (χ0) is 12.0. The first-order valence-corrected chi connectivity index (χ1v) is 7.10. The quantitative estimate of drug-likeness (QED) is 0.838. The second kappa shape index (κ2) is 7.15. The topological polar surface area (TPSA) is 12.0 Å². The van der Waals surface area contributed by atoms with Crippen LogP contribution in [0, 0.1) is 5.82 Å². The van der Waals surface area contributed by atoms with E-state index in [4.69, 9.17) is 11.6 Å². The van der Waals surface area contributed by atoms with Gasteiger partial charge in [0.25, 0.3) is 0 Å². The molecule has 4 heteroatoms. The van der Waals surface area contributed by atoms with Crippen LogP contribution in [0.15, 0.2) is 18.2 Å². The van der Waals surface area contributed by atoms with Crippen molar-refractivity contribution >= 4 is 23.4 Å². The van der Waals surface area contributed by atoms with Crippen molar-refractivity contribution in [3.63, 3.8) is 0 Å². The van der Waals surface area contributed by atoms with E-state index in [0.717, 1.165) is 17.7 Å². The maximum atomic E-state index is 13.1. The molecule has 0 aliphatic rings. The molecule has 1 N–H and O–H groups in total. The molecule has 0 amide bonds. The average molecular weight is 262 g/mol. The molecule has 16 heavy (non-hydrogen) atoms. The van der Waals surface area contributed by atoms with Gasteiger partial charge in [-0.2, -0.15) is 11.8 Å². The highest BCUT2D eigenvalue weighted by atomic mass is 35.5. The molecule has 0 radical (unpaired) electrons. The maximum Gasteiger partial charge on any atom is 0.125 e. The highest BCUT2D eigenvalue weighted by molar-refractivity contribution is 7.98. The van der Waals surface area contributed by atoms with E-state index in [1.54, 1.807) is 6.07 Å². The highest BCUT2D eigenvalue weighted by Crippen LogP contribution is 2.14. The Labute approximate surface area is 106 Å². The predicted octanol–water partition coefficient (Wildman–Crippen LogP) is 3.71. The van der Waals surface area contributed by atoms with Crippen LogP contribution in [0.25, 0.3) is 0 Å². The molecule has 0 saturated heterocycles. The smallest absolute Gasteiger partial charge is 0.125 e. The normalized spacial score (nSPS) is 12.8. The van der Waals surface area contributed by atoms with Gasteiger partial charge in [-0.3, -0.25) is 0 Å². The van der Waals surface area contributed by atoms with Crippen molar-refractivity contribution in [3.05, 3.63) is 34.6 Å². The molecule has 1 atom stereocenters. The average Bonchev–Trinajstić information content (AvgIpc) is 2.23. The molecule has 0 spiro atoms. The van der Waals surface area contributed by atoms with E-state index in [1.165, 1.54) is 12.1 Å². The number of halogens is 2. The van der Waals surface area contributed by atoms with Crippen molar-refractivity contribution in [2.45, 2.75) is 25.9 Å². The van der Waals surface area contributed by atoms with Crippen molar-refractivity contribution in [3.8, 4) is 0 Å².